The third kappa shape index (κ3) is 46.1. The van der Waals surface area contributed by atoms with Crippen molar-refractivity contribution in [1.82, 2.24) is 0 Å². The van der Waals surface area contributed by atoms with E-state index in [4.69, 9.17) is 0 Å². The van der Waals surface area contributed by atoms with Gasteiger partial charge in [-0.25, -0.2) is 0 Å². The first-order valence-electron chi connectivity index (χ1n) is 7.64. The molecule has 0 atom stereocenters. The number of halogens is 4. The third-order valence-corrected chi connectivity index (χ3v) is 6.35. The molecule has 0 rings (SSSR count). The van der Waals surface area contributed by atoms with Crippen LogP contribution in [0.2, 0.25) is 8.87 Å². The van der Waals surface area contributed by atoms with Crippen LogP contribution in [-0.2, 0) is 19.1 Å². The van der Waals surface area contributed by atoms with E-state index in [0.29, 0.717) is 0 Å². The molecule has 0 bridgehead atoms. The van der Waals surface area contributed by atoms with Crippen LogP contribution in [0.25, 0.3) is 0 Å². The minimum atomic E-state index is -0.536. The normalized spacial score (nSPS) is 7.20. The molecule has 25 heavy (non-hydrogen) atoms. The van der Waals surface area contributed by atoms with Crippen LogP contribution in [0.1, 0.15) is 59.8 Å². The van der Waals surface area contributed by atoms with E-state index in [-0.39, 0.29) is 113 Å². The van der Waals surface area contributed by atoms with Crippen LogP contribution in [0.3, 0.4) is 0 Å². The maximum atomic E-state index is 10.6. The summed E-state index contributed by atoms with van der Waals surface area (Å²) in [5.41, 5.74) is 0. The smallest absolute Gasteiger partial charge is 1.00 e. The Bertz CT molecular complexity index is 232. The molecular formula is C15H30Cl4MgO4Sn. The second-order valence-corrected chi connectivity index (χ2v) is 8.53. The maximum absolute atomic E-state index is 10.6. The van der Waals surface area contributed by atoms with Crippen molar-refractivity contribution < 1.29 is 68.7 Å². The van der Waals surface area contributed by atoms with Gasteiger partial charge in [0.25, 0.3) is 0 Å². The molecule has 0 fully saturated rings. The maximum Gasteiger partial charge on any atom is 2.00 e. The fourth-order valence-corrected chi connectivity index (χ4v) is 5.43. The summed E-state index contributed by atoms with van der Waals surface area (Å²) in [7, 11) is 0. The molecule has 0 amide bonds. The number of ether oxygens (including phenoxy) is 2. The van der Waals surface area contributed by atoms with Gasteiger partial charge in [-0.15, -0.1) is 0 Å². The van der Waals surface area contributed by atoms with E-state index < -0.39 is 11.9 Å². The Morgan fingerprint density at radius 2 is 1.04 bits per heavy atom. The molecule has 0 aromatic carbocycles. The first-order chi connectivity index (χ1) is 9.62. The number of carbonyl (C=O) groups is 2. The predicted octanol–water partition coefficient (Wildman–Crippen LogP) is -8.73. The third-order valence-electron chi connectivity index (χ3n) is 2.31. The monoisotopic (exact) mass is 558 g/mol. The molecule has 0 unspecified atom stereocenters. The van der Waals surface area contributed by atoms with Gasteiger partial charge in [-0.1, -0.05) is 0 Å². The molecule has 0 aromatic rings. The topological polar surface area (TPSA) is 52.6 Å². The summed E-state index contributed by atoms with van der Waals surface area (Å²) < 4.78 is 12.3. The number of esters is 2. The van der Waals surface area contributed by atoms with Crippen molar-refractivity contribution in [3.8, 4) is 0 Å². The summed E-state index contributed by atoms with van der Waals surface area (Å²) in [5.74, 6) is -1.07. The summed E-state index contributed by atoms with van der Waals surface area (Å²) in [6.45, 7) is 8.53. The minimum Gasteiger partial charge on any atom is -1.00 e. The molecular weight excluding hydrogens is 529 g/mol. The van der Waals surface area contributed by atoms with Gasteiger partial charge in [0.05, 0.1) is 13.2 Å². The standard InChI is InChI=1S/C7H12O4.2C4H9.4ClH.Mg.Sn/c1-3-10-6(8)5-7(9)11-4-2;2*1-3-4-2;;;;;;/h3-5H2,1-2H3;2*1,3-4H2,2H3;4*1H;;/q;;;;;;;2*+2/p-4. The molecule has 0 aliphatic heterocycles. The fourth-order valence-electron chi connectivity index (χ4n) is 1.27. The Balaban J connectivity index is -0.0000000437. The van der Waals surface area contributed by atoms with Crippen molar-refractivity contribution in [2.24, 2.45) is 0 Å². The van der Waals surface area contributed by atoms with Gasteiger partial charge in [0.1, 0.15) is 6.42 Å². The molecule has 4 nitrogen and oxygen atoms in total. The van der Waals surface area contributed by atoms with Gasteiger partial charge >= 0.3 is 105 Å². The largest absolute Gasteiger partial charge is 2.00 e. The fraction of sp³-hybridized carbons (Fsp3) is 0.867. The average molecular weight is 559 g/mol. The quantitative estimate of drug-likeness (QED) is 0.116. The number of rotatable bonds is 10. The zero-order valence-electron chi connectivity index (χ0n) is 15.7. The van der Waals surface area contributed by atoms with E-state index in [9.17, 15) is 9.59 Å². The first kappa shape index (κ1) is 45.4. The summed E-state index contributed by atoms with van der Waals surface area (Å²) in [6.07, 6.45) is 5.55. The van der Waals surface area contributed by atoms with Crippen molar-refractivity contribution in [1.29, 1.82) is 0 Å². The van der Waals surface area contributed by atoms with Gasteiger partial charge in [-0.2, -0.15) is 0 Å². The molecule has 148 valence electrons. The van der Waals surface area contributed by atoms with E-state index in [1.54, 1.807) is 22.7 Å². The summed E-state index contributed by atoms with van der Waals surface area (Å²) in [5, 5.41) is 0. The van der Waals surface area contributed by atoms with Crippen molar-refractivity contribution in [3.05, 3.63) is 0 Å². The SMILES string of the molecule is CCC[CH2][Sn+2][CH2]CCC.CCOC(=O)CC(=O)OCC.[Cl-].[Cl-].[Cl-].[Cl-].[Mg+2]. The number of carbonyl (C=O) groups excluding carboxylic acids is 2. The van der Waals surface area contributed by atoms with E-state index in [1.807, 2.05) is 0 Å². The van der Waals surface area contributed by atoms with Crippen molar-refractivity contribution >= 4 is 56.1 Å². The zero-order chi connectivity index (χ0) is 15.6. The molecule has 10 heteroatoms. The number of hydrogen-bond acceptors (Lipinski definition) is 4. The Labute approximate surface area is 205 Å². The Kier molecular flexibility index (Phi) is 73.4. The van der Waals surface area contributed by atoms with E-state index in [1.165, 1.54) is 25.7 Å². The Morgan fingerprint density at radius 1 is 0.720 bits per heavy atom. The molecule has 0 saturated carbocycles. The zero-order valence-corrected chi connectivity index (χ0v) is 23.0. The van der Waals surface area contributed by atoms with E-state index in [0.717, 1.165) is 0 Å². The summed E-state index contributed by atoms with van der Waals surface area (Å²) in [6, 6.07) is 0. The van der Waals surface area contributed by atoms with Gasteiger partial charge in [0, 0.05) is 0 Å². The molecule has 0 aliphatic carbocycles. The van der Waals surface area contributed by atoms with Gasteiger partial charge in [-0.05, 0) is 13.8 Å². The Morgan fingerprint density at radius 3 is 1.28 bits per heavy atom. The molecule has 0 aromatic heterocycles. The molecule has 0 N–H and O–H groups in total. The van der Waals surface area contributed by atoms with Gasteiger partial charge in [0.15, 0.2) is 0 Å². The van der Waals surface area contributed by atoms with Crippen molar-refractivity contribution in [2.75, 3.05) is 13.2 Å². The predicted molar refractivity (Wildman–Crippen MR) is 88.8 cm³/mol. The summed E-state index contributed by atoms with van der Waals surface area (Å²) >= 11 is 0.149. The van der Waals surface area contributed by atoms with Crippen molar-refractivity contribution in [3.63, 3.8) is 0 Å². The van der Waals surface area contributed by atoms with Crippen LogP contribution < -0.4 is 49.6 Å². The average Bonchev–Trinajstić information content (AvgIpc) is 2.40. The minimum absolute atomic E-state index is 0. The van der Waals surface area contributed by atoms with E-state index >= 15 is 0 Å². The molecule has 0 spiro atoms. The van der Waals surface area contributed by atoms with E-state index in [2.05, 4.69) is 23.3 Å². The molecule has 0 saturated heterocycles. The second-order valence-electron chi connectivity index (χ2n) is 4.24. The second kappa shape index (κ2) is 40.4. The van der Waals surface area contributed by atoms with Crippen LogP contribution in [-0.4, -0.2) is 69.3 Å². The van der Waals surface area contributed by atoms with Crippen LogP contribution >= 0.6 is 0 Å². The number of hydrogen-bond donors (Lipinski definition) is 0. The molecule has 0 heterocycles. The summed E-state index contributed by atoms with van der Waals surface area (Å²) in [4.78, 5) is 21.2. The van der Waals surface area contributed by atoms with Gasteiger partial charge in [-0.3, -0.25) is 9.59 Å². The number of unbranched alkanes of at least 4 members (excludes halogenated alkanes) is 2. The Hall–Kier alpha value is 1.66. The molecule has 0 radical (unpaired) electrons. The van der Waals surface area contributed by atoms with Crippen LogP contribution in [0.4, 0.5) is 0 Å². The van der Waals surface area contributed by atoms with Crippen LogP contribution in [0.15, 0.2) is 0 Å². The first-order valence-corrected chi connectivity index (χ1v) is 11.7. The van der Waals surface area contributed by atoms with Crippen molar-refractivity contribution in [2.45, 2.75) is 68.7 Å². The van der Waals surface area contributed by atoms with Crippen LogP contribution in [0, 0.1) is 0 Å². The van der Waals surface area contributed by atoms with Gasteiger partial charge < -0.3 is 59.1 Å². The van der Waals surface area contributed by atoms with Crippen LogP contribution in [0.5, 0.6) is 0 Å². The molecule has 0 aliphatic rings. The van der Waals surface area contributed by atoms with Gasteiger partial charge in [0.2, 0.25) is 0 Å².